The van der Waals surface area contributed by atoms with Crippen molar-refractivity contribution in [2.45, 2.75) is 25.7 Å². The van der Waals surface area contributed by atoms with E-state index in [0.717, 1.165) is 24.9 Å². The molecule has 1 aromatic heterocycles. The summed E-state index contributed by atoms with van der Waals surface area (Å²) in [4.78, 5) is 12.2. The standard InChI is InChI=1S/C16H18ClNO2/c17-13-3-1-2-12-10-15(20-16(12)13)14(19)5-4-11-6-8-18-9-7-11/h1-3,10-11,18H,4-9H2. The van der Waals surface area contributed by atoms with Gasteiger partial charge in [-0.2, -0.15) is 0 Å². The van der Waals surface area contributed by atoms with Gasteiger partial charge in [0.1, 0.15) is 0 Å². The maximum atomic E-state index is 12.2. The molecule has 0 spiro atoms. The van der Waals surface area contributed by atoms with Gasteiger partial charge in [-0.05, 0) is 50.4 Å². The van der Waals surface area contributed by atoms with E-state index >= 15 is 0 Å². The molecular weight excluding hydrogens is 274 g/mol. The summed E-state index contributed by atoms with van der Waals surface area (Å²) >= 11 is 6.06. The number of ketones is 1. The minimum atomic E-state index is 0.0794. The monoisotopic (exact) mass is 291 g/mol. The fraction of sp³-hybridized carbons (Fsp3) is 0.438. The second-order valence-electron chi connectivity index (χ2n) is 5.42. The highest BCUT2D eigenvalue weighted by Crippen LogP contribution is 2.28. The van der Waals surface area contributed by atoms with Crippen LogP contribution in [0.25, 0.3) is 11.0 Å². The van der Waals surface area contributed by atoms with Gasteiger partial charge in [0.2, 0.25) is 0 Å². The van der Waals surface area contributed by atoms with Crippen molar-refractivity contribution in [2.75, 3.05) is 13.1 Å². The molecule has 0 saturated carbocycles. The molecule has 4 heteroatoms. The van der Waals surface area contributed by atoms with Gasteiger partial charge in [0.25, 0.3) is 0 Å². The van der Waals surface area contributed by atoms with Gasteiger partial charge in [0, 0.05) is 11.8 Å². The van der Waals surface area contributed by atoms with Crippen LogP contribution in [0, 0.1) is 5.92 Å². The highest BCUT2D eigenvalue weighted by atomic mass is 35.5. The Bertz CT molecular complexity index is 614. The Morgan fingerprint density at radius 3 is 2.90 bits per heavy atom. The number of hydrogen-bond donors (Lipinski definition) is 1. The Labute approximate surface area is 123 Å². The van der Waals surface area contributed by atoms with Crippen molar-refractivity contribution in [1.82, 2.24) is 5.32 Å². The number of piperidine rings is 1. The SMILES string of the molecule is O=C(CCC1CCNCC1)c1cc2cccc(Cl)c2o1. The Hall–Kier alpha value is -1.32. The number of furan rings is 1. The Morgan fingerprint density at radius 2 is 2.15 bits per heavy atom. The third kappa shape index (κ3) is 2.89. The molecule has 1 aromatic carbocycles. The topological polar surface area (TPSA) is 42.2 Å². The van der Waals surface area contributed by atoms with E-state index < -0.39 is 0 Å². The highest BCUT2D eigenvalue weighted by molar-refractivity contribution is 6.34. The Morgan fingerprint density at radius 1 is 1.35 bits per heavy atom. The number of halogens is 1. The van der Waals surface area contributed by atoms with Crippen LogP contribution in [0.4, 0.5) is 0 Å². The number of nitrogens with one attached hydrogen (secondary N) is 1. The van der Waals surface area contributed by atoms with E-state index in [1.165, 1.54) is 12.8 Å². The van der Waals surface area contributed by atoms with Crippen LogP contribution in [-0.4, -0.2) is 18.9 Å². The molecule has 0 unspecified atom stereocenters. The first-order valence-corrected chi connectivity index (χ1v) is 7.54. The lowest BCUT2D eigenvalue weighted by atomic mass is 9.92. The molecule has 0 bridgehead atoms. The lowest BCUT2D eigenvalue weighted by Crippen LogP contribution is -2.27. The van der Waals surface area contributed by atoms with E-state index in [9.17, 15) is 4.79 Å². The number of benzene rings is 1. The number of carbonyl (C=O) groups excluding carboxylic acids is 1. The van der Waals surface area contributed by atoms with Crippen molar-refractivity contribution >= 4 is 28.4 Å². The molecule has 0 radical (unpaired) electrons. The lowest BCUT2D eigenvalue weighted by Gasteiger charge is -2.21. The average molecular weight is 292 g/mol. The number of Topliss-reactive ketones (excluding diaryl/α,β-unsaturated/α-hetero) is 1. The zero-order chi connectivity index (χ0) is 13.9. The molecule has 2 heterocycles. The second kappa shape index (κ2) is 5.98. The third-order valence-electron chi connectivity index (χ3n) is 4.01. The molecule has 2 aromatic rings. The molecule has 1 N–H and O–H groups in total. The number of para-hydroxylation sites is 1. The van der Waals surface area contributed by atoms with Crippen molar-refractivity contribution in [3.05, 3.63) is 35.0 Å². The Balaban J connectivity index is 1.67. The fourth-order valence-electron chi connectivity index (χ4n) is 2.79. The van der Waals surface area contributed by atoms with Crippen molar-refractivity contribution < 1.29 is 9.21 Å². The molecule has 0 aliphatic carbocycles. The smallest absolute Gasteiger partial charge is 0.198 e. The summed E-state index contributed by atoms with van der Waals surface area (Å²) in [6.45, 7) is 2.14. The van der Waals surface area contributed by atoms with Crippen LogP contribution < -0.4 is 5.32 Å². The van der Waals surface area contributed by atoms with Crippen molar-refractivity contribution in [3.63, 3.8) is 0 Å². The fourth-order valence-corrected chi connectivity index (χ4v) is 3.01. The first-order valence-electron chi connectivity index (χ1n) is 7.16. The van der Waals surface area contributed by atoms with Crippen LogP contribution in [0.3, 0.4) is 0 Å². The molecule has 1 fully saturated rings. The lowest BCUT2D eigenvalue weighted by molar-refractivity contribution is 0.0946. The zero-order valence-electron chi connectivity index (χ0n) is 11.3. The summed E-state index contributed by atoms with van der Waals surface area (Å²) in [5.41, 5.74) is 0.611. The molecule has 1 saturated heterocycles. The van der Waals surface area contributed by atoms with Gasteiger partial charge in [-0.25, -0.2) is 0 Å². The summed E-state index contributed by atoms with van der Waals surface area (Å²) in [7, 11) is 0. The van der Waals surface area contributed by atoms with Gasteiger partial charge in [0.15, 0.2) is 17.1 Å². The largest absolute Gasteiger partial charge is 0.451 e. The number of rotatable bonds is 4. The van der Waals surface area contributed by atoms with E-state index in [2.05, 4.69) is 5.32 Å². The van der Waals surface area contributed by atoms with Gasteiger partial charge in [0.05, 0.1) is 5.02 Å². The molecule has 106 valence electrons. The predicted octanol–water partition coefficient (Wildman–Crippen LogP) is 4.05. The van der Waals surface area contributed by atoms with Crippen LogP contribution in [0.2, 0.25) is 5.02 Å². The van der Waals surface area contributed by atoms with Gasteiger partial charge in [-0.1, -0.05) is 23.7 Å². The summed E-state index contributed by atoms with van der Waals surface area (Å²) < 4.78 is 5.61. The first kappa shape index (κ1) is 13.7. The zero-order valence-corrected chi connectivity index (χ0v) is 12.1. The van der Waals surface area contributed by atoms with Crippen LogP contribution in [0.15, 0.2) is 28.7 Å². The third-order valence-corrected chi connectivity index (χ3v) is 4.31. The highest BCUT2D eigenvalue weighted by Gasteiger charge is 2.18. The van der Waals surface area contributed by atoms with E-state index in [0.29, 0.717) is 28.7 Å². The molecule has 3 nitrogen and oxygen atoms in total. The van der Waals surface area contributed by atoms with E-state index in [4.69, 9.17) is 16.0 Å². The number of fused-ring (bicyclic) bond motifs is 1. The van der Waals surface area contributed by atoms with Crippen molar-refractivity contribution in [2.24, 2.45) is 5.92 Å². The molecule has 20 heavy (non-hydrogen) atoms. The minimum Gasteiger partial charge on any atom is -0.451 e. The normalized spacial score (nSPS) is 16.6. The van der Waals surface area contributed by atoms with Crippen LogP contribution in [0.1, 0.15) is 36.2 Å². The van der Waals surface area contributed by atoms with Crippen molar-refractivity contribution in [1.29, 1.82) is 0 Å². The molecule has 3 rings (SSSR count). The summed E-state index contributed by atoms with van der Waals surface area (Å²) in [5.74, 6) is 1.17. The number of carbonyl (C=O) groups is 1. The van der Waals surface area contributed by atoms with Crippen LogP contribution in [0.5, 0.6) is 0 Å². The average Bonchev–Trinajstić information content (AvgIpc) is 2.91. The second-order valence-corrected chi connectivity index (χ2v) is 5.83. The van der Waals surface area contributed by atoms with E-state index in [1.54, 1.807) is 12.1 Å². The maximum Gasteiger partial charge on any atom is 0.198 e. The van der Waals surface area contributed by atoms with Gasteiger partial charge < -0.3 is 9.73 Å². The Kier molecular flexibility index (Phi) is 4.08. The summed E-state index contributed by atoms with van der Waals surface area (Å²) in [6.07, 6.45) is 3.84. The molecule has 1 aliphatic rings. The van der Waals surface area contributed by atoms with E-state index in [-0.39, 0.29) is 5.78 Å². The molecule has 1 aliphatic heterocycles. The van der Waals surface area contributed by atoms with E-state index in [1.807, 2.05) is 12.1 Å². The van der Waals surface area contributed by atoms with Gasteiger partial charge in [-0.15, -0.1) is 0 Å². The van der Waals surface area contributed by atoms with Gasteiger partial charge >= 0.3 is 0 Å². The predicted molar refractivity (Wildman–Crippen MR) is 80.4 cm³/mol. The molecule has 0 amide bonds. The number of hydrogen-bond acceptors (Lipinski definition) is 3. The minimum absolute atomic E-state index is 0.0794. The molecule has 0 atom stereocenters. The van der Waals surface area contributed by atoms with Gasteiger partial charge in [-0.3, -0.25) is 4.79 Å². The van der Waals surface area contributed by atoms with Crippen molar-refractivity contribution in [3.8, 4) is 0 Å². The van der Waals surface area contributed by atoms with Crippen LogP contribution in [-0.2, 0) is 0 Å². The maximum absolute atomic E-state index is 12.2. The summed E-state index contributed by atoms with van der Waals surface area (Å²) in [5, 5.41) is 4.79. The van der Waals surface area contributed by atoms with Crippen LogP contribution >= 0.6 is 11.6 Å². The quantitative estimate of drug-likeness (QED) is 0.864. The first-order chi connectivity index (χ1) is 9.74. The summed E-state index contributed by atoms with van der Waals surface area (Å²) in [6, 6.07) is 7.35. The molecular formula is C16H18ClNO2.